The van der Waals surface area contributed by atoms with Gasteiger partial charge in [0.25, 0.3) is 0 Å². The first-order valence-corrected chi connectivity index (χ1v) is 9.80. The zero-order valence-corrected chi connectivity index (χ0v) is 15.5. The minimum absolute atomic E-state index is 1.07. The van der Waals surface area contributed by atoms with Crippen LogP contribution in [-0.2, 0) is 0 Å². The zero-order valence-electron chi connectivity index (χ0n) is 14.7. The zero-order chi connectivity index (χ0) is 16.3. The lowest BCUT2D eigenvalue weighted by Crippen LogP contribution is -2.48. The van der Waals surface area contributed by atoms with Crippen LogP contribution in [0.2, 0.25) is 0 Å². The van der Waals surface area contributed by atoms with Crippen molar-refractivity contribution in [2.24, 2.45) is 0 Å². The van der Waals surface area contributed by atoms with Gasteiger partial charge in [-0.1, -0.05) is 75.9 Å². The molecule has 128 valence electrons. The van der Waals surface area contributed by atoms with Crippen LogP contribution in [0.25, 0.3) is 0 Å². The van der Waals surface area contributed by atoms with Gasteiger partial charge in [0.15, 0.2) is 0 Å². The molecule has 0 atom stereocenters. The molecule has 0 N–H and O–H groups in total. The molecule has 0 saturated carbocycles. The molecule has 0 bridgehead atoms. The average molecular weight is 333 g/mol. The highest BCUT2D eigenvalue weighted by Gasteiger charge is 2.18. The maximum absolute atomic E-state index is 5.66. The highest BCUT2D eigenvalue weighted by Crippen LogP contribution is 2.17. The number of hydrogen-bond acceptors (Lipinski definition) is 2. The van der Waals surface area contributed by atoms with Crippen molar-refractivity contribution in [3.05, 3.63) is 30.3 Å². The molecule has 0 radical (unpaired) electrons. The Morgan fingerprint density at radius 2 is 1.48 bits per heavy atom. The second-order valence-corrected chi connectivity index (χ2v) is 7.05. The van der Waals surface area contributed by atoms with Crippen LogP contribution in [0.3, 0.4) is 0 Å². The molecule has 0 unspecified atom stereocenters. The van der Waals surface area contributed by atoms with Crippen LogP contribution < -0.4 is 4.90 Å². The van der Waals surface area contributed by atoms with Gasteiger partial charge in [-0.3, -0.25) is 0 Å². The molecule has 23 heavy (non-hydrogen) atoms. The summed E-state index contributed by atoms with van der Waals surface area (Å²) in [7, 11) is 0. The third-order valence-electron chi connectivity index (χ3n) is 4.75. The van der Waals surface area contributed by atoms with Crippen molar-refractivity contribution in [3.63, 3.8) is 0 Å². The Morgan fingerprint density at radius 1 is 0.870 bits per heavy atom. The van der Waals surface area contributed by atoms with E-state index in [0.717, 1.165) is 32.6 Å². The van der Waals surface area contributed by atoms with Gasteiger partial charge < -0.3 is 9.80 Å². The van der Waals surface area contributed by atoms with Gasteiger partial charge in [0.05, 0.1) is 4.99 Å². The highest BCUT2D eigenvalue weighted by molar-refractivity contribution is 7.80. The Balaban J connectivity index is 1.58. The van der Waals surface area contributed by atoms with Gasteiger partial charge in [-0.25, -0.2) is 0 Å². The second kappa shape index (κ2) is 10.6. The van der Waals surface area contributed by atoms with Crippen molar-refractivity contribution in [3.8, 4) is 0 Å². The third kappa shape index (κ3) is 6.50. The lowest BCUT2D eigenvalue weighted by molar-refractivity contribution is 0.383. The molecular formula is C20H32N2S. The molecule has 1 aliphatic rings. The predicted octanol–water partition coefficient (Wildman–Crippen LogP) is 5.28. The van der Waals surface area contributed by atoms with E-state index >= 15 is 0 Å². The van der Waals surface area contributed by atoms with Crippen molar-refractivity contribution in [2.45, 2.75) is 58.3 Å². The van der Waals surface area contributed by atoms with Gasteiger partial charge in [0, 0.05) is 31.9 Å². The minimum Gasteiger partial charge on any atom is -0.368 e. The van der Waals surface area contributed by atoms with Gasteiger partial charge in [-0.05, 0) is 25.0 Å². The quantitative estimate of drug-likeness (QED) is 0.449. The molecule has 1 heterocycles. The largest absolute Gasteiger partial charge is 0.368 e. The summed E-state index contributed by atoms with van der Waals surface area (Å²) in [5.41, 5.74) is 1.34. The molecule has 0 spiro atoms. The van der Waals surface area contributed by atoms with Gasteiger partial charge >= 0.3 is 0 Å². The van der Waals surface area contributed by atoms with Crippen LogP contribution in [0.15, 0.2) is 30.3 Å². The molecule has 0 aliphatic carbocycles. The molecule has 1 saturated heterocycles. The van der Waals surface area contributed by atoms with Crippen LogP contribution in [0, 0.1) is 0 Å². The van der Waals surface area contributed by atoms with Crippen molar-refractivity contribution < 1.29 is 0 Å². The van der Waals surface area contributed by atoms with E-state index in [1.54, 1.807) is 0 Å². The van der Waals surface area contributed by atoms with E-state index in [0.29, 0.717) is 0 Å². The Morgan fingerprint density at radius 3 is 2.13 bits per heavy atom. The summed E-state index contributed by atoms with van der Waals surface area (Å²) >= 11 is 5.66. The summed E-state index contributed by atoms with van der Waals surface area (Å²) in [6.45, 7) is 6.59. The van der Waals surface area contributed by atoms with Crippen LogP contribution >= 0.6 is 12.2 Å². The monoisotopic (exact) mass is 332 g/mol. The van der Waals surface area contributed by atoms with E-state index < -0.39 is 0 Å². The van der Waals surface area contributed by atoms with Crippen molar-refractivity contribution in [2.75, 3.05) is 31.1 Å². The van der Waals surface area contributed by atoms with Crippen molar-refractivity contribution in [1.29, 1.82) is 0 Å². The molecule has 1 fully saturated rings. The molecule has 1 aliphatic heterocycles. The van der Waals surface area contributed by atoms with Gasteiger partial charge in [-0.2, -0.15) is 0 Å². The Hall–Kier alpha value is -1.09. The van der Waals surface area contributed by atoms with E-state index in [9.17, 15) is 0 Å². The lowest BCUT2D eigenvalue weighted by atomic mass is 10.1. The number of anilines is 1. The van der Waals surface area contributed by atoms with Crippen molar-refractivity contribution in [1.82, 2.24) is 4.90 Å². The Bertz CT molecular complexity index is 438. The number of para-hydroxylation sites is 1. The molecular weight excluding hydrogens is 300 g/mol. The maximum Gasteiger partial charge on any atom is 0.0780 e. The number of unbranched alkanes of at least 4 members (excludes halogenated alkanes) is 6. The normalized spacial score (nSPS) is 15.0. The topological polar surface area (TPSA) is 6.48 Å². The number of benzene rings is 1. The summed E-state index contributed by atoms with van der Waals surface area (Å²) in [5.74, 6) is 0. The van der Waals surface area contributed by atoms with Crippen LogP contribution in [0.1, 0.15) is 58.3 Å². The fourth-order valence-electron chi connectivity index (χ4n) is 3.24. The SMILES string of the molecule is CCCCCCCCCC(=S)N1CCN(c2ccccc2)CC1. The van der Waals surface area contributed by atoms with Gasteiger partial charge in [0.1, 0.15) is 0 Å². The summed E-state index contributed by atoms with van der Waals surface area (Å²) in [6, 6.07) is 10.7. The molecule has 1 aromatic rings. The number of hydrogen-bond donors (Lipinski definition) is 0. The molecule has 2 nitrogen and oxygen atoms in total. The smallest absolute Gasteiger partial charge is 0.0780 e. The van der Waals surface area contributed by atoms with E-state index in [2.05, 4.69) is 47.1 Å². The highest BCUT2D eigenvalue weighted by atomic mass is 32.1. The summed E-state index contributed by atoms with van der Waals surface area (Å²) in [4.78, 5) is 6.07. The summed E-state index contributed by atoms with van der Waals surface area (Å²) in [6.07, 6.45) is 10.6. The number of thiocarbonyl (C=S) groups is 1. The fraction of sp³-hybridized carbons (Fsp3) is 0.650. The number of piperazine rings is 1. The third-order valence-corrected chi connectivity index (χ3v) is 5.21. The van der Waals surface area contributed by atoms with Crippen LogP contribution in [0.4, 0.5) is 5.69 Å². The first kappa shape index (κ1) is 18.3. The summed E-state index contributed by atoms with van der Waals surface area (Å²) in [5, 5.41) is 0. The Labute approximate surface area is 147 Å². The average Bonchev–Trinajstić information content (AvgIpc) is 2.61. The van der Waals surface area contributed by atoms with E-state index in [4.69, 9.17) is 12.2 Å². The molecule has 3 heteroatoms. The van der Waals surface area contributed by atoms with E-state index in [-0.39, 0.29) is 0 Å². The minimum atomic E-state index is 1.07. The molecule has 0 amide bonds. The van der Waals surface area contributed by atoms with Crippen LogP contribution in [0.5, 0.6) is 0 Å². The summed E-state index contributed by atoms with van der Waals surface area (Å²) < 4.78 is 0. The van der Waals surface area contributed by atoms with Crippen LogP contribution in [-0.4, -0.2) is 36.1 Å². The second-order valence-electron chi connectivity index (χ2n) is 6.57. The maximum atomic E-state index is 5.66. The number of rotatable bonds is 9. The Kier molecular flexibility index (Phi) is 8.44. The first-order valence-electron chi connectivity index (χ1n) is 9.39. The number of nitrogens with zero attached hydrogens (tertiary/aromatic N) is 2. The molecule has 2 rings (SSSR count). The standard InChI is InChI=1S/C20H32N2S/c1-2-3-4-5-6-7-11-14-20(23)22-17-15-21(16-18-22)19-12-9-8-10-13-19/h8-10,12-13H,2-7,11,14-18H2,1H3. The van der Waals surface area contributed by atoms with Gasteiger partial charge in [-0.15, -0.1) is 0 Å². The van der Waals surface area contributed by atoms with Crippen molar-refractivity contribution >= 4 is 22.9 Å². The lowest BCUT2D eigenvalue weighted by Gasteiger charge is -2.37. The molecule has 0 aromatic heterocycles. The van der Waals surface area contributed by atoms with E-state index in [1.165, 1.54) is 55.6 Å². The fourth-order valence-corrected chi connectivity index (χ4v) is 3.57. The van der Waals surface area contributed by atoms with E-state index in [1.807, 2.05) is 0 Å². The van der Waals surface area contributed by atoms with Gasteiger partial charge in [0.2, 0.25) is 0 Å². The first-order chi connectivity index (χ1) is 11.3. The molecule has 1 aromatic carbocycles. The predicted molar refractivity (Wildman–Crippen MR) is 105 cm³/mol.